The van der Waals surface area contributed by atoms with Crippen molar-refractivity contribution < 1.29 is 22.7 Å². The van der Waals surface area contributed by atoms with Crippen LogP contribution in [0.1, 0.15) is 38.5 Å². The van der Waals surface area contributed by atoms with Crippen molar-refractivity contribution >= 4 is 5.91 Å². The van der Waals surface area contributed by atoms with Gasteiger partial charge in [0.2, 0.25) is 5.91 Å². The van der Waals surface area contributed by atoms with E-state index in [0.29, 0.717) is 6.54 Å². The maximum Gasteiger partial charge on any atom is 0.411 e. The van der Waals surface area contributed by atoms with Crippen LogP contribution in [0.3, 0.4) is 0 Å². The minimum absolute atomic E-state index is 0.0716. The number of rotatable bonds is 6. The number of carbonyl (C=O) groups excluding carboxylic acids is 1. The average molecular weight is 282 g/mol. The Hall–Kier alpha value is -0.820. The highest BCUT2D eigenvalue weighted by molar-refractivity contribution is 5.76. The van der Waals surface area contributed by atoms with Crippen LogP contribution < -0.4 is 11.1 Å². The van der Waals surface area contributed by atoms with Gasteiger partial charge in [-0.1, -0.05) is 19.3 Å². The van der Waals surface area contributed by atoms with E-state index in [-0.39, 0.29) is 24.5 Å². The van der Waals surface area contributed by atoms with Gasteiger partial charge in [0, 0.05) is 13.0 Å². The molecular formula is C12H21F3N2O2. The Bertz CT molecular complexity index is 289. The lowest BCUT2D eigenvalue weighted by Crippen LogP contribution is -2.54. The SMILES string of the molecule is NCC1(NC(=O)CCOCC(F)(F)F)CCCCC1. The van der Waals surface area contributed by atoms with Crippen LogP contribution in [0.15, 0.2) is 0 Å². The number of nitrogens with one attached hydrogen (secondary N) is 1. The van der Waals surface area contributed by atoms with Crippen LogP contribution >= 0.6 is 0 Å². The smallest absolute Gasteiger partial charge is 0.372 e. The molecular weight excluding hydrogens is 261 g/mol. The van der Waals surface area contributed by atoms with Gasteiger partial charge in [0.1, 0.15) is 6.61 Å². The molecule has 0 bridgehead atoms. The van der Waals surface area contributed by atoms with Crippen molar-refractivity contribution in [3.05, 3.63) is 0 Å². The summed E-state index contributed by atoms with van der Waals surface area (Å²) < 4.78 is 39.9. The molecule has 0 unspecified atom stereocenters. The number of nitrogens with two attached hydrogens (primary N) is 1. The summed E-state index contributed by atoms with van der Waals surface area (Å²) in [6, 6.07) is 0. The molecule has 1 fully saturated rings. The van der Waals surface area contributed by atoms with E-state index < -0.39 is 12.8 Å². The largest absolute Gasteiger partial charge is 0.411 e. The van der Waals surface area contributed by atoms with Crippen molar-refractivity contribution in [1.82, 2.24) is 5.32 Å². The van der Waals surface area contributed by atoms with E-state index in [1.807, 2.05) is 0 Å². The number of halogens is 3. The Balaban J connectivity index is 2.26. The number of hydrogen-bond donors (Lipinski definition) is 2. The Labute approximate surface area is 110 Å². The molecule has 1 aliphatic carbocycles. The van der Waals surface area contributed by atoms with Crippen LogP contribution in [-0.2, 0) is 9.53 Å². The Morgan fingerprint density at radius 2 is 1.89 bits per heavy atom. The van der Waals surface area contributed by atoms with Gasteiger partial charge in [0.25, 0.3) is 0 Å². The Morgan fingerprint density at radius 1 is 1.26 bits per heavy atom. The quantitative estimate of drug-likeness (QED) is 0.729. The molecule has 0 atom stereocenters. The van der Waals surface area contributed by atoms with E-state index in [1.165, 1.54) is 0 Å². The van der Waals surface area contributed by atoms with Crippen molar-refractivity contribution in [2.45, 2.75) is 50.2 Å². The summed E-state index contributed by atoms with van der Waals surface area (Å²) in [7, 11) is 0. The highest BCUT2D eigenvalue weighted by Crippen LogP contribution is 2.27. The number of amides is 1. The summed E-state index contributed by atoms with van der Waals surface area (Å²) in [5, 5.41) is 2.85. The molecule has 1 amide bonds. The molecule has 19 heavy (non-hydrogen) atoms. The molecule has 0 aromatic rings. The van der Waals surface area contributed by atoms with Crippen molar-refractivity contribution in [2.24, 2.45) is 5.73 Å². The third-order valence-electron chi connectivity index (χ3n) is 3.35. The number of ether oxygens (including phenoxy) is 1. The fourth-order valence-corrected chi connectivity index (χ4v) is 2.32. The van der Waals surface area contributed by atoms with Gasteiger partial charge < -0.3 is 15.8 Å². The highest BCUT2D eigenvalue weighted by Gasteiger charge is 2.32. The van der Waals surface area contributed by atoms with Gasteiger partial charge in [-0.3, -0.25) is 4.79 Å². The maximum absolute atomic E-state index is 11.8. The fourth-order valence-electron chi connectivity index (χ4n) is 2.32. The van der Waals surface area contributed by atoms with Gasteiger partial charge >= 0.3 is 6.18 Å². The second kappa shape index (κ2) is 7.09. The zero-order valence-corrected chi connectivity index (χ0v) is 10.9. The molecule has 0 aliphatic heterocycles. The lowest BCUT2D eigenvalue weighted by Gasteiger charge is -2.37. The van der Waals surface area contributed by atoms with Crippen molar-refractivity contribution in [2.75, 3.05) is 19.8 Å². The van der Waals surface area contributed by atoms with Gasteiger partial charge in [0.15, 0.2) is 0 Å². The predicted molar refractivity (Wildman–Crippen MR) is 64.5 cm³/mol. The molecule has 0 saturated heterocycles. The predicted octanol–water partition coefficient (Wildman–Crippen LogP) is 1.73. The van der Waals surface area contributed by atoms with Gasteiger partial charge in [-0.15, -0.1) is 0 Å². The van der Waals surface area contributed by atoms with Crippen molar-refractivity contribution in [3.63, 3.8) is 0 Å². The van der Waals surface area contributed by atoms with Crippen LogP contribution in [0.5, 0.6) is 0 Å². The van der Waals surface area contributed by atoms with E-state index in [9.17, 15) is 18.0 Å². The highest BCUT2D eigenvalue weighted by atomic mass is 19.4. The van der Waals surface area contributed by atoms with E-state index in [1.54, 1.807) is 0 Å². The van der Waals surface area contributed by atoms with Crippen LogP contribution in [0.4, 0.5) is 13.2 Å². The second-order valence-corrected chi connectivity index (χ2v) is 5.01. The van der Waals surface area contributed by atoms with E-state index >= 15 is 0 Å². The second-order valence-electron chi connectivity index (χ2n) is 5.01. The molecule has 1 saturated carbocycles. The first-order chi connectivity index (χ1) is 8.87. The summed E-state index contributed by atoms with van der Waals surface area (Å²) in [5.74, 6) is -0.297. The van der Waals surface area contributed by atoms with E-state index in [4.69, 9.17) is 5.73 Å². The van der Waals surface area contributed by atoms with Crippen molar-refractivity contribution in [1.29, 1.82) is 0 Å². The zero-order chi connectivity index (χ0) is 14.4. The number of hydrogen-bond acceptors (Lipinski definition) is 3. The minimum atomic E-state index is -4.35. The minimum Gasteiger partial charge on any atom is -0.372 e. The third kappa shape index (κ3) is 6.24. The van der Waals surface area contributed by atoms with Gasteiger partial charge in [0.05, 0.1) is 12.1 Å². The van der Waals surface area contributed by atoms with Gasteiger partial charge in [-0.05, 0) is 12.8 Å². The van der Waals surface area contributed by atoms with Crippen LogP contribution in [0.2, 0.25) is 0 Å². The molecule has 0 aromatic heterocycles. The molecule has 4 nitrogen and oxygen atoms in total. The van der Waals surface area contributed by atoms with Crippen LogP contribution in [0.25, 0.3) is 0 Å². The molecule has 0 radical (unpaired) electrons. The summed E-state index contributed by atoms with van der Waals surface area (Å²) >= 11 is 0. The third-order valence-corrected chi connectivity index (χ3v) is 3.35. The fraction of sp³-hybridized carbons (Fsp3) is 0.917. The maximum atomic E-state index is 11.8. The summed E-state index contributed by atoms with van der Waals surface area (Å²) in [6.45, 7) is -1.18. The molecule has 3 N–H and O–H groups in total. The summed E-state index contributed by atoms with van der Waals surface area (Å²) in [6.07, 6.45) is 0.407. The average Bonchev–Trinajstić information content (AvgIpc) is 2.35. The first kappa shape index (κ1) is 16.2. The molecule has 0 heterocycles. The first-order valence-corrected chi connectivity index (χ1v) is 6.52. The van der Waals surface area contributed by atoms with E-state index in [0.717, 1.165) is 32.1 Å². The monoisotopic (exact) mass is 282 g/mol. The Kier molecular flexibility index (Phi) is 6.06. The van der Waals surface area contributed by atoms with Crippen LogP contribution in [-0.4, -0.2) is 37.4 Å². The number of alkyl halides is 3. The Morgan fingerprint density at radius 3 is 2.42 bits per heavy atom. The molecule has 112 valence electrons. The topological polar surface area (TPSA) is 64.3 Å². The first-order valence-electron chi connectivity index (χ1n) is 6.52. The molecule has 1 rings (SSSR count). The molecule has 7 heteroatoms. The molecule has 0 spiro atoms. The molecule has 1 aliphatic rings. The summed E-state index contributed by atoms with van der Waals surface area (Å²) in [5.41, 5.74) is 5.33. The lowest BCUT2D eigenvalue weighted by molar-refractivity contribution is -0.174. The standard InChI is InChI=1S/C12H21F3N2O2/c13-12(14,15)9-19-7-4-10(18)17-11(8-16)5-2-1-3-6-11/h1-9,16H2,(H,17,18). The molecule has 0 aromatic carbocycles. The number of carbonyl (C=O) groups is 1. The van der Waals surface area contributed by atoms with Gasteiger partial charge in [-0.2, -0.15) is 13.2 Å². The zero-order valence-electron chi connectivity index (χ0n) is 10.9. The van der Waals surface area contributed by atoms with Crippen molar-refractivity contribution in [3.8, 4) is 0 Å². The lowest BCUT2D eigenvalue weighted by atomic mass is 9.81. The normalized spacial score (nSPS) is 19.2. The van der Waals surface area contributed by atoms with E-state index in [2.05, 4.69) is 10.1 Å². The summed E-state index contributed by atoms with van der Waals surface area (Å²) in [4.78, 5) is 11.7. The van der Waals surface area contributed by atoms with Crippen LogP contribution in [0, 0.1) is 0 Å². The van der Waals surface area contributed by atoms with Gasteiger partial charge in [-0.25, -0.2) is 0 Å².